The molecule has 0 aliphatic rings. The van der Waals surface area contributed by atoms with Crippen molar-refractivity contribution in [3.63, 3.8) is 0 Å². The molecular formula is C11H11N7NaO2. The van der Waals surface area contributed by atoms with E-state index in [2.05, 4.69) is 20.2 Å². The molecule has 2 aromatic rings. The Morgan fingerprint density at radius 1 is 1.00 bits per heavy atom. The van der Waals surface area contributed by atoms with E-state index >= 15 is 0 Å². The predicted octanol–water partition coefficient (Wildman–Crippen LogP) is 0.956. The van der Waals surface area contributed by atoms with Crippen molar-refractivity contribution >= 4 is 64.5 Å². The van der Waals surface area contributed by atoms with E-state index in [1.54, 1.807) is 0 Å². The molecule has 0 aliphatic heterocycles. The van der Waals surface area contributed by atoms with Gasteiger partial charge >= 0.3 is 5.97 Å². The Bertz CT molecular complexity index is 664. The minimum atomic E-state index is -1.02. The first kappa shape index (κ1) is 16.8. The summed E-state index contributed by atoms with van der Waals surface area (Å²) in [5.74, 6) is -1.04. The van der Waals surface area contributed by atoms with Crippen LogP contribution in [0.25, 0.3) is 0 Å². The number of hydrogen-bond acceptors (Lipinski definition) is 8. The molecule has 103 valence electrons. The van der Waals surface area contributed by atoms with Gasteiger partial charge in [-0.25, -0.2) is 4.79 Å². The summed E-state index contributed by atoms with van der Waals surface area (Å²) in [5.41, 5.74) is 17.3. The monoisotopic (exact) mass is 296 g/mol. The first-order valence-corrected chi connectivity index (χ1v) is 5.41. The molecule has 1 aromatic heterocycles. The van der Waals surface area contributed by atoms with E-state index in [1.165, 1.54) is 24.3 Å². The van der Waals surface area contributed by atoms with Crippen LogP contribution in [0.5, 0.6) is 0 Å². The van der Waals surface area contributed by atoms with Gasteiger partial charge in [-0.1, -0.05) is 0 Å². The molecule has 0 saturated carbocycles. The van der Waals surface area contributed by atoms with Gasteiger partial charge in [-0.2, -0.15) is 15.1 Å². The van der Waals surface area contributed by atoms with Crippen LogP contribution in [-0.2, 0) is 0 Å². The molecule has 0 spiro atoms. The van der Waals surface area contributed by atoms with Crippen LogP contribution < -0.4 is 17.2 Å². The number of carboxylic acid groups (broad SMARTS) is 1. The zero-order chi connectivity index (χ0) is 14.7. The quantitative estimate of drug-likeness (QED) is 0.483. The standard InChI is InChI=1S/C11H11N7O2.Na/c12-8-7(9(13)16-11(14)15-8)18-17-6-3-1-5(2-4-6)10(19)20;/h1-4H,(H,19,20)(H6,12,13,14,15,16);. The minimum absolute atomic E-state index is 0. The fourth-order valence-electron chi connectivity index (χ4n) is 1.39. The van der Waals surface area contributed by atoms with Crippen molar-refractivity contribution in [1.29, 1.82) is 0 Å². The Kier molecular flexibility index (Phi) is 5.59. The van der Waals surface area contributed by atoms with E-state index in [4.69, 9.17) is 22.3 Å². The molecule has 2 rings (SSSR count). The molecule has 0 fully saturated rings. The van der Waals surface area contributed by atoms with Crippen molar-refractivity contribution in [1.82, 2.24) is 9.97 Å². The number of benzene rings is 1. The summed E-state index contributed by atoms with van der Waals surface area (Å²) in [6.07, 6.45) is 0. The summed E-state index contributed by atoms with van der Waals surface area (Å²) in [6.45, 7) is 0. The van der Waals surface area contributed by atoms with Crippen LogP contribution in [0.1, 0.15) is 10.4 Å². The summed E-state index contributed by atoms with van der Waals surface area (Å²) in [6, 6.07) is 5.81. The molecule has 0 atom stereocenters. The van der Waals surface area contributed by atoms with E-state index in [9.17, 15) is 4.79 Å². The molecule has 0 bridgehead atoms. The number of carbonyl (C=O) groups is 1. The number of azo groups is 1. The van der Waals surface area contributed by atoms with Crippen molar-refractivity contribution in [2.24, 2.45) is 10.2 Å². The predicted molar refractivity (Wildman–Crippen MR) is 78.6 cm³/mol. The molecule has 1 radical (unpaired) electrons. The molecule has 1 aromatic carbocycles. The largest absolute Gasteiger partial charge is 0.478 e. The maximum Gasteiger partial charge on any atom is 0.335 e. The first-order chi connectivity index (χ1) is 9.47. The number of hydrogen-bond donors (Lipinski definition) is 4. The maximum absolute atomic E-state index is 10.7. The van der Waals surface area contributed by atoms with Gasteiger partial charge in [0.25, 0.3) is 0 Å². The normalized spacial score (nSPS) is 10.3. The summed E-state index contributed by atoms with van der Waals surface area (Å²) in [7, 11) is 0. The number of nitrogens with two attached hydrogens (primary N) is 3. The van der Waals surface area contributed by atoms with Gasteiger partial charge < -0.3 is 22.3 Å². The first-order valence-electron chi connectivity index (χ1n) is 5.41. The van der Waals surface area contributed by atoms with Gasteiger partial charge in [0, 0.05) is 29.6 Å². The van der Waals surface area contributed by atoms with Gasteiger partial charge in [0.05, 0.1) is 11.3 Å². The van der Waals surface area contributed by atoms with E-state index in [-0.39, 0.29) is 58.4 Å². The Morgan fingerprint density at radius 2 is 1.52 bits per heavy atom. The molecule has 9 nitrogen and oxygen atoms in total. The third-order valence-corrected chi connectivity index (χ3v) is 2.33. The Morgan fingerprint density at radius 3 is 2.00 bits per heavy atom. The zero-order valence-electron chi connectivity index (χ0n) is 11.2. The Hall–Kier alpha value is -2.23. The van der Waals surface area contributed by atoms with Crippen LogP contribution in [0.15, 0.2) is 34.5 Å². The molecule has 21 heavy (non-hydrogen) atoms. The molecule has 7 N–H and O–H groups in total. The van der Waals surface area contributed by atoms with Gasteiger partial charge in [0.2, 0.25) is 5.95 Å². The number of nitrogens with zero attached hydrogens (tertiary/aromatic N) is 4. The van der Waals surface area contributed by atoms with Crippen LogP contribution in [0.4, 0.5) is 29.0 Å². The van der Waals surface area contributed by atoms with Gasteiger partial charge in [0.15, 0.2) is 17.3 Å². The van der Waals surface area contributed by atoms with Gasteiger partial charge in [-0.05, 0) is 24.3 Å². The molecule has 0 aliphatic carbocycles. The van der Waals surface area contributed by atoms with Crippen LogP contribution in [-0.4, -0.2) is 50.6 Å². The van der Waals surface area contributed by atoms with E-state index in [0.29, 0.717) is 5.69 Å². The van der Waals surface area contributed by atoms with Crippen LogP contribution in [0, 0.1) is 0 Å². The molecule has 0 unspecified atom stereocenters. The van der Waals surface area contributed by atoms with Crippen molar-refractivity contribution in [3.8, 4) is 0 Å². The minimum Gasteiger partial charge on any atom is -0.478 e. The summed E-state index contributed by atoms with van der Waals surface area (Å²) < 4.78 is 0. The number of nitrogen functional groups attached to an aromatic ring is 3. The molecule has 0 saturated heterocycles. The van der Waals surface area contributed by atoms with Crippen LogP contribution in [0.2, 0.25) is 0 Å². The van der Waals surface area contributed by atoms with Crippen molar-refractivity contribution in [2.75, 3.05) is 17.2 Å². The van der Waals surface area contributed by atoms with Gasteiger partial charge in [0.1, 0.15) is 0 Å². The van der Waals surface area contributed by atoms with Crippen molar-refractivity contribution in [3.05, 3.63) is 29.8 Å². The number of rotatable bonds is 3. The van der Waals surface area contributed by atoms with E-state index in [1.807, 2.05) is 0 Å². The summed E-state index contributed by atoms with van der Waals surface area (Å²) in [5, 5.41) is 16.5. The summed E-state index contributed by atoms with van der Waals surface area (Å²) >= 11 is 0. The SMILES string of the molecule is Nc1nc(N)c(N=Nc2ccc(C(=O)O)cc2)c(N)n1.[Na]. The van der Waals surface area contributed by atoms with Gasteiger partial charge in [-0.15, -0.1) is 5.11 Å². The average Bonchev–Trinajstić information content (AvgIpc) is 2.38. The van der Waals surface area contributed by atoms with Crippen LogP contribution in [0.3, 0.4) is 0 Å². The smallest absolute Gasteiger partial charge is 0.335 e. The molecular weight excluding hydrogens is 285 g/mol. The Balaban J connectivity index is 0.00000220. The molecule has 0 amide bonds. The average molecular weight is 296 g/mol. The number of aromatic nitrogens is 2. The molecule has 10 heteroatoms. The second kappa shape index (κ2) is 6.97. The summed E-state index contributed by atoms with van der Waals surface area (Å²) in [4.78, 5) is 18.1. The van der Waals surface area contributed by atoms with Crippen molar-refractivity contribution < 1.29 is 9.90 Å². The fourth-order valence-corrected chi connectivity index (χ4v) is 1.39. The number of aromatic carboxylic acids is 1. The number of anilines is 3. The second-order valence-electron chi connectivity index (χ2n) is 3.75. The van der Waals surface area contributed by atoms with Crippen LogP contribution >= 0.6 is 0 Å². The number of carboxylic acids is 1. The molecule has 1 heterocycles. The van der Waals surface area contributed by atoms with E-state index < -0.39 is 5.97 Å². The third kappa shape index (κ3) is 4.12. The third-order valence-electron chi connectivity index (χ3n) is 2.33. The maximum atomic E-state index is 10.7. The van der Waals surface area contributed by atoms with E-state index in [0.717, 1.165) is 0 Å². The topological polar surface area (TPSA) is 166 Å². The van der Waals surface area contributed by atoms with Gasteiger partial charge in [-0.3, -0.25) is 0 Å². The van der Waals surface area contributed by atoms with Crippen molar-refractivity contribution in [2.45, 2.75) is 0 Å². The second-order valence-corrected chi connectivity index (χ2v) is 3.75. The zero-order valence-corrected chi connectivity index (χ0v) is 13.2. The fraction of sp³-hybridized carbons (Fsp3) is 0. The Labute approximate surface area is 141 Å².